The second-order valence-corrected chi connectivity index (χ2v) is 7.66. The van der Waals surface area contributed by atoms with E-state index in [1.807, 2.05) is 11.8 Å². The van der Waals surface area contributed by atoms with Crippen LogP contribution in [0, 0.1) is 5.92 Å². The third-order valence-corrected chi connectivity index (χ3v) is 6.22. The van der Waals surface area contributed by atoms with Gasteiger partial charge in [0.15, 0.2) is 0 Å². The molecule has 2 unspecified atom stereocenters. The van der Waals surface area contributed by atoms with E-state index in [4.69, 9.17) is 0 Å². The summed E-state index contributed by atoms with van der Waals surface area (Å²) in [6.07, 6.45) is 7.05. The zero-order chi connectivity index (χ0) is 15.5. The van der Waals surface area contributed by atoms with Gasteiger partial charge in [-0.25, -0.2) is 4.98 Å². The van der Waals surface area contributed by atoms with Gasteiger partial charge in [-0.2, -0.15) is 11.8 Å². The Hall–Kier alpha value is -1.30. The number of aromatic nitrogens is 2. The maximum atomic E-state index is 12.8. The SMILES string of the molecule is CC1SCCN(C(=O)C2CCN(c3cnccn3)CC2)C1C. The number of nitrogens with zero attached hydrogens (tertiary/aromatic N) is 4. The molecule has 3 rings (SSSR count). The largest absolute Gasteiger partial charge is 0.355 e. The number of carbonyl (C=O) groups is 1. The predicted molar refractivity (Wildman–Crippen MR) is 90.1 cm³/mol. The quantitative estimate of drug-likeness (QED) is 0.835. The second-order valence-electron chi connectivity index (χ2n) is 6.17. The molecular weight excluding hydrogens is 296 g/mol. The summed E-state index contributed by atoms with van der Waals surface area (Å²) < 4.78 is 0. The van der Waals surface area contributed by atoms with Crippen LogP contribution in [0.1, 0.15) is 26.7 Å². The Balaban J connectivity index is 1.58. The average molecular weight is 320 g/mol. The molecule has 2 atom stereocenters. The van der Waals surface area contributed by atoms with Gasteiger partial charge in [0.25, 0.3) is 0 Å². The first-order valence-electron chi connectivity index (χ1n) is 8.10. The van der Waals surface area contributed by atoms with Crippen molar-refractivity contribution in [2.75, 3.05) is 30.3 Å². The summed E-state index contributed by atoms with van der Waals surface area (Å²) in [5.74, 6) is 2.52. The molecule has 5 nitrogen and oxygen atoms in total. The third-order valence-electron chi connectivity index (χ3n) is 4.88. The van der Waals surface area contributed by atoms with Crippen LogP contribution in [-0.4, -0.2) is 57.5 Å². The lowest BCUT2D eigenvalue weighted by Gasteiger charge is -2.41. The van der Waals surface area contributed by atoms with Crippen LogP contribution in [0.25, 0.3) is 0 Å². The fourth-order valence-corrected chi connectivity index (χ4v) is 4.39. The van der Waals surface area contributed by atoms with Crippen LogP contribution < -0.4 is 4.90 Å². The van der Waals surface area contributed by atoms with Crippen LogP contribution in [0.2, 0.25) is 0 Å². The smallest absolute Gasteiger partial charge is 0.226 e. The van der Waals surface area contributed by atoms with Crippen molar-refractivity contribution in [2.45, 2.75) is 38.0 Å². The molecule has 0 N–H and O–H groups in total. The van der Waals surface area contributed by atoms with Gasteiger partial charge in [-0.1, -0.05) is 6.92 Å². The topological polar surface area (TPSA) is 49.3 Å². The lowest BCUT2D eigenvalue weighted by Crippen LogP contribution is -2.51. The minimum atomic E-state index is 0.172. The van der Waals surface area contributed by atoms with Gasteiger partial charge in [0, 0.05) is 55.0 Å². The molecule has 0 bridgehead atoms. The molecular formula is C16H24N4OS. The van der Waals surface area contributed by atoms with Crippen LogP contribution in [-0.2, 0) is 4.79 Å². The summed E-state index contributed by atoms with van der Waals surface area (Å²) in [6, 6.07) is 0.351. The van der Waals surface area contributed by atoms with E-state index >= 15 is 0 Å². The van der Waals surface area contributed by atoms with Crippen molar-refractivity contribution in [3.8, 4) is 0 Å². The minimum Gasteiger partial charge on any atom is -0.355 e. The highest BCUT2D eigenvalue weighted by atomic mass is 32.2. The van der Waals surface area contributed by atoms with Crippen LogP contribution in [0.5, 0.6) is 0 Å². The molecule has 2 saturated heterocycles. The molecule has 0 saturated carbocycles. The summed E-state index contributed by atoms with van der Waals surface area (Å²) in [5, 5.41) is 0.539. The summed E-state index contributed by atoms with van der Waals surface area (Å²) in [4.78, 5) is 25.6. The summed E-state index contributed by atoms with van der Waals surface area (Å²) in [6.45, 7) is 7.09. The number of rotatable bonds is 2. The number of hydrogen-bond acceptors (Lipinski definition) is 5. The van der Waals surface area contributed by atoms with Gasteiger partial charge in [0.1, 0.15) is 5.82 Å². The maximum absolute atomic E-state index is 12.8. The van der Waals surface area contributed by atoms with Gasteiger partial charge >= 0.3 is 0 Å². The Morgan fingerprint density at radius 1 is 1.23 bits per heavy atom. The Morgan fingerprint density at radius 3 is 2.68 bits per heavy atom. The van der Waals surface area contributed by atoms with Gasteiger partial charge in [0.2, 0.25) is 5.91 Å². The molecule has 0 radical (unpaired) electrons. The number of piperidine rings is 1. The first-order valence-corrected chi connectivity index (χ1v) is 9.14. The third kappa shape index (κ3) is 3.21. The summed E-state index contributed by atoms with van der Waals surface area (Å²) >= 11 is 1.97. The highest BCUT2D eigenvalue weighted by Crippen LogP contribution is 2.28. The Bertz CT molecular complexity index is 504. The molecule has 6 heteroatoms. The van der Waals surface area contributed by atoms with E-state index in [9.17, 15) is 4.79 Å². The van der Waals surface area contributed by atoms with Crippen molar-refractivity contribution in [3.63, 3.8) is 0 Å². The number of amides is 1. The molecule has 0 aliphatic carbocycles. The first-order chi connectivity index (χ1) is 10.7. The van der Waals surface area contributed by atoms with Crippen LogP contribution in [0.15, 0.2) is 18.6 Å². The van der Waals surface area contributed by atoms with Crippen LogP contribution in [0.4, 0.5) is 5.82 Å². The fourth-order valence-electron chi connectivity index (χ4n) is 3.29. The van der Waals surface area contributed by atoms with E-state index in [1.165, 1.54) is 0 Å². The molecule has 120 valence electrons. The Labute approximate surface area is 136 Å². The summed E-state index contributed by atoms with van der Waals surface area (Å²) in [5.41, 5.74) is 0. The molecule has 3 heterocycles. The van der Waals surface area contributed by atoms with Gasteiger partial charge in [0.05, 0.1) is 6.20 Å². The van der Waals surface area contributed by atoms with E-state index in [0.717, 1.165) is 44.0 Å². The molecule has 1 aromatic heterocycles. The van der Waals surface area contributed by atoms with Crippen molar-refractivity contribution < 1.29 is 4.79 Å². The molecule has 2 aliphatic heterocycles. The van der Waals surface area contributed by atoms with Crippen molar-refractivity contribution in [3.05, 3.63) is 18.6 Å². The molecule has 2 fully saturated rings. The number of anilines is 1. The fraction of sp³-hybridized carbons (Fsp3) is 0.688. The molecule has 0 aromatic carbocycles. The molecule has 22 heavy (non-hydrogen) atoms. The van der Waals surface area contributed by atoms with E-state index < -0.39 is 0 Å². The van der Waals surface area contributed by atoms with Gasteiger partial charge < -0.3 is 9.80 Å². The van der Waals surface area contributed by atoms with Crippen molar-refractivity contribution in [1.82, 2.24) is 14.9 Å². The van der Waals surface area contributed by atoms with E-state index in [0.29, 0.717) is 17.2 Å². The zero-order valence-corrected chi connectivity index (χ0v) is 14.1. The average Bonchev–Trinajstić information content (AvgIpc) is 2.58. The Kier molecular flexibility index (Phi) is 4.86. The molecule has 2 aliphatic rings. The van der Waals surface area contributed by atoms with E-state index in [-0.39, 0.29) is 5.92 Å². The Morgan fingerprint density at radius 2 is 2.00 bits per heavy atom. The van der Waals surface area contributed by atoms with Gasteiger partial charge in [-0.15, -0.1) is 0 Å². The van der Waals surface area contributed by atoms with Crippen LogP contribution >= 0.6 is 11.8 Å². The number of thioether (sulfide) groups is 1. The normalized spacial score (nSPS) is 27.0. The van der Waals surface area contributed by atoms with Gasteiger partial charge in [-0.3, -0.25) is 9.78 Å². The van der Waals surface area contributed by atoms with Gasteiger partial charge in [-0.05, 0) is 19.8 Å². The molecule has 0 spiro atoms. The monoisotopic (exact) mass is 320 g/mol. The second kappa shape index (κ2) is 6.86. The van der Waals surface area contributed by atoms with E-state index in [1.54, 1.807) is 18.6 Å². The standard InChI is InChI=1S/C16H24N4OS/c1-12-13(2)22-10-9-20(12)16(21)14-3-7-19(8-4-14)15-11-17-5-6-18-15/h5-6,11-14H,3-4,7-10H2,1-2H3. The molecule has 1 aromatic rings. The van der Waals surface area contributed by atoms with E-state index in [2.05, 4.69) is 33.6 Å². The first kappa shape index (κ1) is 15.6. The van der Waals surface area contributed by atoms with Crippen molar-refractivity contribution >= 4 is 23.5 Å². The lowest BCUT2D eigenvalue weighted by molar-refractivity contribution is -0.138. The van der Waals surface area contributed by atoms with Crippen molar-refractivity contribution in [1.29, 1.82) is 0 Å². The number of carbonyl (C=O) groups excluding carboxylic acids is 1. The van der Waals surface area contributed by atoms with Crippen LogP contribution in [0.3, 0.4) is 0 Å². The highest BCUT2D eigenvalue weighted by Gasteiger charge is 2.34. The predicted octanol–water partition coefficient (Wildman–Crippen LogP) is 2.05. The zero-order valence-electron chi connectivity index (χ0n) is 13.3. The highest BCUT2D eigenvalue weighted by molar-refractivity contribution is 8.00. The minimum absolute atomic E-state index is 0.172. The molecule has 1 amide bonds. The van der Waals surface area contributed by atoms with Crippen molar-refractivity contribution in [2.24, 2.45) is 5.92 Å². The summed E-state index contributed by atoms with van der Waals surface area (Å²) in [7, 11) is 0. The maximum Gasteiger partial charge on any atom is 0.226 e. The number of hydrogen-bond donors (Lipinski definition) is 0. The lowest BCUT2D eigenvalue weighted by atomic mass is 9.94.